The van der Waals surface area contributed by atoms with Gasteiger partial charge < -0.3 is 5.32 Å². The number of para-hydroxylation sites is 1. The second-order valence-electron chi connectivity index (χ2n) is 6.13. The number of rotatable bonds is 5. The standard InChI is InChI=1S/C21H16FN5O/c22-18-6-1-2-7-20(18)25-21(28)13-27-9-8-19(26-27)16-5-3-4-15(10-16)17-11-23-14-24-12-17/h1-12,14H,13H2,(H,25,28). The molecule has 138 valence electrons. The zero-order valence-electron chi connectivity index (χ0n) is 14.8. The molecule has 0 saturated carbocycles. The number of hydrogen-bond acceptors (Lipinski definition) is 4. The van der Waals surface area contributed by atoms with E-state index in [-0.39, 0.29) is 18.1 Å². The molecule has 1 amide bonds. The predicted octanol–water partition coefficient (Wildman–Crippen LogP) is 3.78. The summed E-state index contributed by atoms with van der Waals surface area (Å²) < 4.78 is 15.2. The van der Waals surface area contributed by atoms with Gasteiger partial charge in [0.05, 0.1) is 11.4 Å². The Balaban J connectivity index is 1.49. The van der Waals surface area contributed by atoms with E-state index in [2.05, 4.69) is 20.4 Å². The molecule has 2 aromatic carbocycles. The molecule has 0 saturated heterocycles. The first kappa shape index (κ1) is 17.5. The molecule has 0 spiro atoms. The first-order valence-electron chi connectivity index (χ1n) is 8.63. The Morgan fingerprint density at radius 1 is 0.964 bits per heavy atom. The number of benzene rings is 2. The summed E-state index contributed by atoms with van der Waals surface area (Å²) in [6.07, 6.45) is 6.70. The predicted molar refractivity (Wildman–Crippen MR) is 104 cm³/mol. The van der Waals surface area contributed by atoms with Gasteiger partial charge >= 0.3 is 0 Å². The molecule has 2 heterocycles. The summed E-state index contributed by atoms with van der Waals surface area (Å²) in [4.78, 5) is 20.2. The molecule has 4 aromatic rings. The van der Waals surface area contributed by atoms with E-state index < -0.39 is 5.82 Å². The SMILES string of the molecule is O=C(Cn1ccc(-c2cccc(-c3cncnc3)c2)n1)Nc1ccccc1F. The van der Waals surface area contributed by atoms with Crippen molar-refractivity contribution >= 4 is 11.6 Å². The minimum absolute atomic E-state index is 0.0133. The molecule has 1 N–H and O–H groups in total. The van der Waals surface area contributed by atoms with Crippen LogP contribution in [-0.4, -0.2) is 25.7 Å². The number of amides is 1. The normalized spacial score (nSPS) is 10.6. The fourth-order valence-corrected chi connectivity index (χ4v) is 2.81. The zero-order valence-corrected chi connectivity index (χ0v) is 14.8. The van der Waals surface area contributed by atoms with E-state index in [1.165, 1.54) is 23.1 Å². The number of anilines is 1. The third-order valence-electron chi connectivity index (χ3n) is 4.15. The van der Waals surface area contributed by atoms with Crippen molar-refractivity contribution in [3.8, 4) is 22.4 Å². The summed E-state index contributed by atoms with van der Waals surface area (Å²) in [6, 6.07) is 15.7. The Morgan fingerprint density at radius 3 is 2.57 bits per heavy atom. The summed E-state index contributed by atoms with van der Waals surface area (Å²) in [7, 11) is 0. The summed E-state index contributed by atoms with van der Waals surface area (Å²) in [6.45, 7) is -0.0133. The van der Waals surface area contributed by atoms with Gasteiger partial charge in [-0.05, 0) is 29.8 Å². The first-order valence-corrected chi connectivity index (χ1v) is 8.63. The van der Waals surface area contributed by atoms with Crippen molar-refractivity contribution in [3.63, 3.8) is 0 Å². The van der Waals surface area contributed by atoms with Gasteiger partial charge in [0, 0.05) is 29.7 Å². The van der Waals surface area contributed by atoms with Crippen LogP contribution >= 0.6 is 0 Å². The van der Waals surface area contributed by atoms with Gasteiger partial charge in [-0.15, -0.1) is 0 Å². The Labute approximate surface area is 160 Å². The van der Waals surface area contributed by atoms with Gasteiger partial charge in [-0.1, -0.05) is 30.3 Å². The Hall–Kier alpha value is -3.87. The Kier molecular flexibility index (Phi) is 4.88. The molecular weight excluding hydrogens is 357 g/mol. The molecule has 0 radical (unpaired) electrons. The van der Waals surface area contributed by atoms with Gasteiger partial charge in [0.1, 0.15) is 18.7 Å². The van der Waals surface area contributed by atoms with Crippen molar-refractivity contribution in [2.24, 2.45) is 0 Å². The van der Waals surface area contributed by atoms with Crippen LogP contribution in [0.4, 0.5) is 10.1 Å². The van der Waals surface area contributed by atoms with Crippen molar-refractivity contribution in [2.75, 3.05) is 5.32 Å². The van der Waals surface area contributed by atoms with Crippen LogP contribution in [0.1, 0.15) is 0 Å². The molecule has 0 aliphatic rings. The monoisotopic (exact) mass is 373 g/mol. The van der Waals surface area contributed by atoms with Crippen LogP contribution in [0.5, 0.6) is 0 Å². The average molecular weight is 373 g/mol. The van der Waals surface area contributed by atoms with Crippen molar-refractivity contribution in [3.05, 3.63) is 85.3 Å². The number of nitrogens with one attached hydrogen (secondary N) is 1. The molecule has 0 bridgehead atoms. The molecule has 2 aromatic heterocycles. The number of carbonyl (C=O) groups is 1. The number of aromatic nitrogens is 4. The molecule has 28 heavy (non-hydrogen) atoms. The van der Waals surface area contributed by atoms with E-state index >= 15 is 0 Å². The Bertz CT molecular complexity index is 1110. The molecule has 0 fully saturated rings. The van der Waals surface area contributed by atoms with Gasteiger partial charge in [0.2, 0.25) is 5.91 Å². The third-order valence-corrected chi connectivity index (χ3v) is 4.15. The second-order valence-corrected chi connectivity index (χ2v) is 6.13. The van der Waals surface area contributed by atoms with Crippen LogP contribution in [0.3, 0.4) is 0 Å². The summed E-state index contributed by atoms with van der Waals surface area (Å²) in [5.41, 5.74) is 3.68. The fraction of sp³-hybridized carbons (Fsp3) is 0.0476. The number of carbonyl (C=O) groups excluding carboxylic acids is 1. The molecule has 7 heteroatoms. The average Bonchev–Trinajstić information content (AvgIpc) is 3.19. The van der Waals surface area contributed by atoms with Crippen LogP contribution < -0.4 is 5.32 Å². The van der Waals surface area contributed by atoms with E-state index in [4.69, 9.17) is 0 Å². The highest BCUT2D eigenvalue weighted by molar-refractivity contribution is 5.90. The molecule has 6 nitrogen and oxygen atoms in total. The van der Waals surface area contributed by atoms with Crippen LogP contribution in [-0.2, 0) is 11.3 Å². The highest BCUT2D eigenvalue weighted by atomic mass is 19.1. The van der Waals surface area contributed by atoms with Crippen LogP contribution in [0, 0.1) is 5.82 Å². The lowest BCUT2D eigenvalue weighted by atomic mass is 10.0. The molecule has 4 rings (SSSR count). The summed E-state index contributed by atoms with van der Waals surface area (Å²) >= 11 is 0. The van der Waals surface area contributed by atoms with Crippen molar-refractivity contribution < 1.29 is 9.18 Å². The zero-order chi connectivity index (χ0) is 19.3. The largest absolute Gasteiger partial charge is 0.322 e. The highest BCUT2D eigenvalue weighted by Crippen LogP contribution is 2.24. The van der Waals surface area contributed by atoms with Crippen LogP contribution in [0.25, 0.3) is 22.4 Å². The molecule has 0 unspecified atom stereocenters. The van der Waals surface area contributed by atoms with Crippen molar-refractivity contribution in [1.82, 2.24) is 19.7 Å². The maximum atomic E-state index is 13.6. The lowest BCUT2D eigenvalue weighted by molar-refractivity contribution is -0.116. The lowest BCUT2D eigenvalue weighted by Crippen LogP contribution is -2.19. The van der Waals surface area contributed by atoms with E-state index in [1.807, 2.05) is 30.3 Å². The number of hydrogen-bond donors (Lipinski definition) is 1. The van der Waals surface area contributed by atoms with Gasteiger partial charge in [-0.3, -0.25) is 9.48 Å². The van der Waals surface area contributed by atoms with Crippen molar-refractivity contribution in [2.45, 2.75) is 6.54 Å². The maximum Gasteiger partial charge on any atom is 0.246 e. The topological polar surface area (TPSA) is 72.7 Å². The minimum Gasteiger partial charge on any atom is -0.322 e. The van der Waals surface area contributed by atoms with Gasteiger partial charge in [-0.25, -0.2) is 14.4 Å². The van der Waals surface area contributed by atoms with Crippen molar-refractivity contribution in [1.29, 1.82) is 0 Å². The molecular formula is C21H16FN5O. The second kappa shape index (κ2) is 7.79. The summed E-state index contributed by atoms with van der Waals surface area (Å²) in [5, 5.41) is 7.00. The third kappa shape index (κ3) is 3.93. The summed E-state index contributed by atoms with van der Waals surface area (Å²) in [5.74, 6) is -0.825. The van der Waals surface area contributed by atoms with Gasteiger partial charge in [-0.2, -0.15) is 5.10 Å². The Morgan fingerprint density at radius 2 is 1.75 bits per heavy atom. The van der Waals surface area contributed by atoms with Gasteiger partial charge in [0.25, 0.3) is 0 Å². The minimum atomic E-state index is -0.473. The number of nitrogens with zero attached hydrogens (tertiary/aromatic N) is 4. The highest BCUT2D eigenvalue weighted by Gasteiger charge is 2.10. The molecule has 0 aliphatic carbocycles. The fourth-order valence-electron chi connectivity index (χ4n) is 2.81. The smallest absolute Gasteiger partial charge is 0.246 e. The molecule has 0 aliphatic heterocycles. The van der Waals surface area contributed by atoms with Gasteiger partial charge in [0.15, 0.2) is 0 Å². The van der Waals surface area contributed by atoms with Crippen LogP contribution in [0.15, 0.2) is 79.5 Å². The lowest BCUT2D eigenvalue weighted by Gasteiger charge is -2.06. The number of halogens is 1. The van der Waals surface area contributed by atoms with Crippen LogP contribution in [0.2, 0.25) is 0 Å². The van der Waals surface area contributed by atoms with E-state index in [0.29, 0.717) is 0 Å². The van der Waals surface area contributed by atoms with E-state index in [9.17, 15) is 9.18 Å². The quantitative estimate of drug-likeness (QED) is 0.578. The maximum absolute atomic E-state index is 13.6. The molecule has 0 atom stereocenters. The first-order chi connectivity index (χ1) is 13.7. The van der Waals surface area contributed by atoms with E-state index in [0.717, 1.165) is 22.4 Å². The van der Waals surface area contributed by atoms with E-state index in [1.54, 1.807) is 30.7 Å².